The number of H-pyrrole nitrogens is 1. The first-order chi connectivity index (χ1) is 24.4. The predicted octanol–water partition coefficient (Wildman–Crippen LogP) is 6.65. The number of Topliss-reactive ketones (excluding diaryl/α,β-unsaturated/α-hetero) is 1. The van der Waals surface area contributed by atoms with Crippen LogP contribution in [-0.4, -0.2) is 76.9 Å². The summed E-state index contributed by atoms with van der Waals surface area (Å²) in [5, 5.41) is 16.3. The fraction of sp³-hybridized carbons (Fsp3) is 0.395. The topological polar surface area (TPSA) is 133 Å². The van der Waals surface area contributed by atoms with Gasteiger partial charge in [-0.2, -0.15) is 5.10 Å². The Kier molecular flexibility index (Phi) is 10.6. The highest BCUT2D eigenvalue weighted by Crippen LogP contribution is 2.38. The predicted molar refractivity (Wildman–Crippen MR) is 195 cm³/mol. The number of ketones is 1. The van der Waals surface area contributed by atoms with Gasteiger partial charge in [0.1, 0.15) is 17.7 Å². The molecule has 0 spiro atoms. The summed E-state index contributed by atoms with van der Waals surface area (Å²) in [4.78, 5) is 26.1. The fourth-order valence-corrected chi connectivity index (χ4v) is 6.65. The van der Waals surface area contributed by atoms with E-state index in [1.807, 2.05) is 12.1 Å². The van der Waals surface area contributed by atoms with Gasteiger partial charge in [-0.3, -0.25) is 4.79 Å². The summed E-state index contributed by atoms with van der Waals surface area (Å²) >= 11 is 0. The maximum atomic E-state index is 14.1. The standard InChI is InChI=1S/C38H45F2N7O4/c1-22(2)45-15-11-27(12-16-45)50-34-19-25-18-31(44-30(25)20-32(34)46-13-9-26(48)10-14-46)36(49)24(4)38(41)47(42-5)33-21-43-35(17-23(33)3)51-37-28(39)7-6-8-29(37)40/h6-8,17-22,26-27,44,48H,5,9-16,41H2,1-4H3/b38-24+. The van der Waals surface area contributed by atoms with Crippen LogP contribution in [0.3, 0.4) is 0 Å². The van der Waals surface area contributed by atoms with Crippen molar-refractivity contribution in [3.8, 4) is 17.4 Å². The largest absolute Gasteiger partial charge is 0.488 e. The number of aryl methyl sites for hydroxylation is 1. The molecule has 0 amide bonds. The number of allylic oxidation sites excluding steroid dienone is 1. The molecule has 0 unspecified atom stereocenters. The number of aliphatic hydroxyl groups is 1. The van der Waals surface area contributed by atoms with Crippen molar-refractivity contribution in [2.45, 2.75) is 71.6 Å². The Balaban J connectivity index is 1.26. The van der Waals surface area contributed by atoms with Crippen molar-refractivity contribution in [1.82, 2.24) is 14.9 Å². The Labute approximate surface area is 296 Å². The molecular formula is C38H45F2N7O4. The zero-order valence-electron chi connectivity index (χ0n) is 29.5. The molecule has 2 aliphatic heterocycles. The van der Waals surface area contributed by atoms with Crippen LogP contribution in [0.1, 0.15) is 62.5 Å². The van der Waals surface area contributed by atoms with E-state index in [0.29, 0.717) is 48.9 Å². The summed E-state index contributed by atoms with van der Waals surface area (Å²) in [6.45, 7) is 14.7. The van der Waals surface area contributed by atoms with Crippen LogP contribution in [0.2, 0.25) is 0 Å². The summed E-state index contributed by atoms with van der Waals surface area (Å²) in [6, 6.07) is 11.2. The van der Waals surface area contributed by atoms with Crippen LogP contribution in [0.25, 0.3) is 10.9 Å². The normalized spacial score (nSPS) is 16.7. The minimum atomic E-state index is -0.861. The Hall–Kier alpha value is -5.01. The third-order valence-electron chi connectivity index (χ3n) is 9.76. The lowest BCUT2D eigenvalue weighted by Gasteiger charge is -2.36. The maximum absolute atomic E-state index is 14.1. The Morgan fingerprint density at radius 3 is 2.41 bits per heavy atom. The quantitative estimate of drug-likeness (QED) is 0.0681. The number of aromatic amines is 1. The molecule has 4 N–H and O–H groups in total. The van der Waals surface area contributed by atoms with Crippen LogP contribution in [0.15, 0.2) is 65.2 Å². The molecule has 0 aliphatic carbocycles. The highest BCUT2D eigenvalue weighted by Gasteiger charge is 2.27. The second-order valence-corrected chi connectivity index (χ2v) is 13.5. The first-order valence-corrected chi connectivity index (χ1v) is 17.3. The van der Waals surface area contributed by atoms with Crippen molar-refractivity contribution in [2.24, 2.45) is 10.8 Å². The summed E-state index contributed by atoms with van der Waals surface area (Å²) < 4.78 is 40.4. The number of nitrogens with zero attached hydrogens (tertiary/aromatic N) is 5. The Morgan fingerprint density at radius 2 is 1.78 bits per heavy atom. The van der Waals surface area contributed by atoms with Crippen LogP contribution < -0.4 is 25.1 Å². The molecule has 0 atom stereocenters. The Morgan fingerprint density at radius 1 is 1.10 bits per heavy atom. The van der Waals surface area contributed by atoms with Crippen molar-refractivity contribution in [1.29, 1.82) is 0 Å². The molecule has 0 bridgehead atoms. The van der Waals surface area contributed by atoms with E-state index in [-0.39, 0.29) is 35.3 Å². The van der Waals surface area contributed by atoms with Gasteiger partial charge in [-0.15, -0.1) is 0 Å². The van der Waals surface area contributed by atoms with Crippen LogP contribution in [0, 0.1) is 18.6 Å². The van der Waals surface area contributed by atoms with E-state index in [1.54, 1.807) is 19.9 Å². The third-order valence-corrected chi connectivity index (χ3v) is 9.76. The van der Waals surface area contributed by atoms with Crippen LogP contribution in [0.5, 0.6) is 17.4 Å². The fourth-order valence-electron chi connectivity index (χ4n) is 6.65. The molecule has 6 rings (SSSR count). The molecule has 2 saturated heterocycles. The smallest absolute Gasteiger partial charge is 0.219 e. The monoisotopic (exact) mass is 701 g/mol. The van der Waals surface area contributed by atoms with Gasteiger partial charge in [0.25, 0.3) is 0 Å². The van der Waals surface area contributed by atoms with E-state index >= 15 is 0 Å². The number of aromatic nitrogens is 2. The SMILES string of the molecule is C=NN(/C(N)=C(\C)C(=O)c1cc2cc(OC3CCN(C(C)C)CC3)c(N3CCC(O)CC3)cc2[nH]1)c1cnc(Oc2c(F)cccc2F)cc1C. The lowest BCUT2D eigenvalue weighted by Crippen LogP contribution is -2.42. The number of benzene rings is 2. The zero-order valence-corrected chi connectivity index (χ0v) is 29.5. The number of fused-ring (bicyclic) bond motifs is 1. The van der Waals surface area contributed by atoms with Crippen molar-refractivity contribution < 1.29 is 28.2 Å². The number of ether oxygens (including phenoxy) is 2. The van der Waals surface area contributed by atoms with Crippen LogP contribution in [0.4, 0.5) is 20.2 Å². The average Bonchev–Trinajstić information content (AvgIpc) is 3.53. The number of nitrogens with one attached hydrogen (secondary N) is 1. The highest BCUT2D eigenvalue weighted by molar-refractivity contribution is 6.10. The summed E-state index contributed by atoms with van der Waals surface area (Å²) in [5.41, 5.74) is 9.72. The molecule has 0 radical (unpaired) electrons. The van der Waals surface area contributed by atoms with Crippen LogP contribution in [-0.2, 0) is 0 Å². The molecule has 51 heavy (non-hydrogen) atoms. The lowest BCUT2D eigenvalue weighted by atomic mass is 10.0. The molecular weight excluding hydrogens is 656 g/mol. The molecule has 2 fully saturated rings. The van der Waals surface area contributed by atoms with Gasteiger partial charge in [0.05, 0.1) is 29.4 Å². The van der Waals surface area contributed by atoms with Gasteiger partial charge >= 0.3 is 0 Å². The lowest BCUT2D eigenvalue weighted by molar-refractivity contribution is 0.0844. The summed E-state index contributed by atoms with van der Waals surface area (Å²) in [6.07, 6.45) is 4.34. The van der Waals surface area contributed by atoms with Crippen molar-refractivity contribution in [3.63, 3.8) is 0 Å². The van der Waals surface area contributed by atoms with E-state index in [1.165, 1.54) is 23.3 Å². The number of piperidine rings is 2. The zero-order chi connectivity index (χ0) is 36.4. The number of aliphatic hydroxyl groups excluding tert-OH is 1. The maximum Gasteiger partial charge on any atom is 0.219 e. The molecule has 4 heterocycles. The number of para-hydroxylation sites is 1. The molecule has 2 aromatic carbocycles. The second kappa shape index (κ2) is 15.1. The molecule has 2 aromatic heterocycles. The van der Waals surface area contributed by atoms with Gasteiger partial charge < -0.3 is 35.1 Å². The number of carbonyl (C=O) groups excluding carboxylic acids is 1. The van der Waals surface area contributed by atoms with Gasteiger partial charge in [0, 0.05) is 61.5 Å². The number of nitrogens with two attached hydrogens (primary N) is 1. The van der Waals surface area contributed by atoms with Crippen molar-refractivity contribution in [3.05, 3.63) is 82.9 Å². The van der Waals surface area contributed by atoms with Crippen molar-refractivity contribution in [2.75, 3.05) is 36.1 Å². The molecule has 2 aliphatic rings. The minimum Gasteiger partial charge on any atom is -0.488 e. The summed E-state index contributed by atoms with van der Waals surface area (Å²) in [7, 11) is 0. The number of anilines is 2. The average molecular weight is 702 g/mol. The van der Waals surface area contributed by atoms with E-state index in [4.69, 9.17) is 15.2 Å². The van der Waals surface area contributed by atoms with E-state index in [0.717, 1.165) is 60.4 Å². The Bertz CT molecular complexity index is 1930. The van der Waals surface area contributed by atoms with Gasteiger partial charge in [-0.05, 0) is 89.3 Å². The van der Waals surface area contributed by atoms with Gasteiger partial charge in [0.15, 0.2) is 11.6 Å². The molecule has 270 valence electrons. The van der Waals surface area contributed by atoms with Crippen molar-refractivity contribution >= 4 is 34.8 Å². The third kappa shape index (κ3) is 7.69. The number of pyridine rings is 1. The number of rotatable bonds is 11. The first kappa shape index (κ1) is 35.8. The number of hydrogen-bond donors (Lipinski definition) is 3. The van der Waals surface area contributed by atoms with Gasteiger partial charge in [-0.1, -0.05) is 6.07 Å². The van der Waals surface area contributed by atoms with E-state index in [2.05, 4.69) is 45.4 Å². The number of carbonyl (C=O) groups is 1. The van der Waals surface area contributed by atoms with Gasteiger partial charge in [-0.25, -0.2) is 18.8 Å². The molecule has 4 aromatic rings. The number of likely N-dealkylation sites (tertiary alicyclic amines) is 1. The van der Waals surface area contributed by atoms with E-state index < -0.39 is 17.4 Å². The minimum absolute atomic E-state index is 0.0247. The first-order valence-electron chi connectivity index (χ1n) is 17.3. The number of hydrogen-bond acceptors (Lipinski definition) is 10. The molecule has 11 nitrogen and oxygen atoms in total. The van der Waals surface area contributed by atoms with Crippen LogP contribution >= 0.6 is 0 Å². The number of hydrazone groups is 1. The number of halogens is 2. The molecule has 0 saturated carbocycles. The second-order valence-electron chi connectivity index (χ2n) is 13.5. The highest BCUT2D eigenvalue weighted by atomic mass is 19.1. The van der Waals surface area contributed by atoms with Gasteiger partial charge in [0.2, 0.25) is 17.4 Å². The van der Waals surface area contributed by atoms with E-state index in [9.17, 15) is 18.7 Å². The summed E-state index contributed by atoms with van der Waals surface area (Å²) in [5.74, 6) is -1.88. The molecule has 13 heteroatoms.